The minimum absolute atomic E-state index is 0.00562. The van der Waals surface area contributed by atoms with Gasteiger partial charge < -0.3 is 19.7 Å². The minimum atomic E-state index is -0.607. The van der Waals surface area contributed by atoms with Crippen LogP contribution in [0.1, 0.15) is 78.6 Å². The van der Waals surface area contributed by atoms with Crippen LogP contribution in [0.5, 0.6) is 0 Å². The summed E-state index contributed by atoms with van der Waals surface area (Å²) in [6.07, 6.45) is 9.30. The number of hydrogen-bond acceptors (Lipinski definition) is 4. The van der Waals surface area contributed by atoms with Crippen molar-refractivity contribution < 1.29 is 19.7 Å². The molecule has 4 heteroatoms. The molecule has 4 nitrogen and oxygen atoms in total. The Kier molecular flexibility index (Phi) is 6.29. The molecule has 0 amide bonds. The first kappa shape index (κ1) is 18.2. The Morgan fingerprint density at radius 2 is 1.86 bits per heavy atom. The van der Waals surface area contributed by atoms with Crippen molar-refractivity contribution in [2.75, 3.05) is 6.61 Å². The van der Waals surface area contributed by atoms with Gasteiger partial charge >= 0.3 is 0 Å². The fourth-order valence-electron chi connectivity index (χ4n) is 3.77. The molecule has 0 aromatic carbocycles. The third kappa shape index (κ3) is 4.22. The van der Waals surface area contributed by atoms with Crippen molar-refractivity contribution in [3.05, 3.63) is 0 Å². The molecule has 130 valence electrons. The van der Waals surface area contributed by atoms with Gasteiger partial charge in [0, 0.05) is 18.3 Å². The topological polar surface area (TPSA) is 58.9 Å². The molecule has 2 aliphatic heterocycles. The Balaban J connectivity index is 1.80. The van der Waals surface area contributed by atoms with E-state index in [0.29, 0.717) is 6.42 Å². The molecule has 0 aromatic rings. The maximum atomic E-state index is 10.3. The Morgan fingerprint density at radius 3 is 2.55 bits per heavy atom. The Labute approximate surface area is 135 Å². The quantitative estimate of drug-likeness (QED) is 0.674. The molecule has 2 saturated heterocycles. The third-order valence-corrected chi connectivity index (χ3v) is 5.25. The number of ether oxygens (including phenoxy) is 2. The molecule has 2 heterocycles. The van der Waals surface area contributed by atoms with Crippen LogP contribution in [0.2, 0.25) is 0 Å². The average molecular weight is 314 g/mol. The van der Waals surface area contributed by atoms with E-state index in [1.54, 1.807) is 0 Å². The van der Waals surface area contributed by atoms with E-state index in [1.165, 1.54) is 32.1 Å². The van der Waals surface area contributed by atoms with Gasteiger partial charge in [0.2, 0.25) is 0 Å². The van der Waals surface area contributed by atoms with E-state index in [-0.39, 0.29) is 18.8 Å². The van der Waals surface area contributed by atoms with Gasteiger partial charge in [0.05, 0.1) is 24.9 Å². The normalized spacial score (nSPS) is 35.6. The van der Waals surface area contributed by atoms with E-state index in [4.69, 9.17) is 9.47 Å². The predicted molar refractivity (Wildman–Crippen MR) is 86.6 cm³/mol. The summed E-state index contributed by atoms with van der Waals surface area (Å²) in [5, 5.41) is 19.8. The Morgan fingerprint density at radius 1 is 1.14 bits per heavy atom. The third-order valence-electron chi connectivity index (χ3n) is 5.25. The first-order chi connectivity index (χ1) is 10.4. The molecule has 0 saturated carbocycles. The minimum Gasteiger partial charge on any atom is -0.396 e. The lowest BCUT2D eigenvalue weighted by atomic mass is 9.84. The fraction of sp³-hybridized carbons (Fsp3) is 1.00. The van der Waals surface area contributed by atoms with Crippen molar-refractivity contribution in [2.24, 2.45) is 5.41 Å². The molecule has 2 fully saturated rings. The molecule has 0 aliphatic carbocycles. The molecule has 2 rings (SSSR count). The molecule has 22 heavy (non-hydrogen) atoms. The van der Waals surface area contributed by atoms with Crippen molar-refractivity contribution in [1.82, 2.24) is 0 Å². The summed E-state index contributed by atoms with van der Waals surface area (Å²) in [5.74, 6) is -0.607. The lowest BCUT2D eigenvalue weighted by molar-refractivity contribution is -0.234. The van der Waals surface area contributed by atoms with E-state index < -0.39 is 17.3 Å². The Hall–Kier alpha value is -0.160. The number of aliphatic hydroxyl groups excluding tert-OH is 2. The average Bonchev–Trinajstić information content (AvgIpc) is 3.03. The van der Waals surface area contributed by atoms with Crippen LogP contribution in [0, 0.1) is 5.41 Å². The second-order valence-electron chi connectivity index (χ2n) is 7.85. The fourth-order valence-corrected chi connectivity index (χ4v) is 3.77. The second kappa shape index (κ2) is 7.61. The van der Waals surface area contributed by atoms with E-state index in [1.807, 2.05) is 13.8 Å². The smallest absolute Gasteiger partial charge is 0.171 e. The highest BCUT2D eigenvalue weighted by Crippen LogP contribution is 2.47. The first-order valence-electron chi connectivity index (χ1n) is 9.07. The van der Waals surface area contributed by atoms with Crippen LogP contribution >= 0.6 is 0 Å². The maximum absolute atomic E-state index is 10.3. The number of hydrogen-bond donors (Lipinski definition) is 2. The predicted octanol–water partition coefficient (Wildman–Crippen LogP) is 3.39. The highest BCUT2D eigenvalue weighted by molar-refractivity contribution is 4.97. The Bertz CT molecular complexity index is 344. The van der Waals surface area contributed by atoms with E-state index in [9.17, 15) is 10.2 Å². The summed E-state index contributed by atoms with van der Waals surface area (Å²) in [5.41, 5.74) is -0.440. The standard InChI is InChI=1S/C18H34O4/c1-4-5-6-7-8-9-14-10-11-18(21-14)12-15(20)16(22-18)17(2,3)13-19/h14-16,19-20H,4-13H2,1-3H3/t14-,15-,16+,18+/m1/s1. The number of rotatable bonds is 8. The van der Waals surface area contributed by atoms with Crippen molar-refractivity contribution in [3.63, 3.8) is 0 Å². The van der Waals surface area contributed by atoms with Gasteiger partial charge in [0.15, 0.2) is 5.79 Å². The number of unbranched alkanes of at least 4 members (excludes halogenated alkanes) is 4. The SMILES string of the molecule is CCCCCCC[C@@H]1CC[C@]2(C[C@@H](O)[C@@H](C(C)(C)CO)O2)O1. The van der Waals surface area contributed by atoms with Crippen molar-refractivity contribution in [2.45, 2.75) is 103 Å². The van der Waals surface area contributed by atoms with Crippen LogP contribution in [0.15, 0.2) is 0 Å². The van der Waals surface area contributed by atoms with Crippen molar-refractivity contribution in [1.29, 1.82) is 0 Å². The zero-order chi connectivity index (χ0) is 16.2. The van der Waals surface area contributed by atoms with E-state index >= 15 is 0 Å². The number of aliphatic hydroxyl groups is 2. The van der Waals surface area contributed by atoms with Crippen LogP contribution < -0.4 is 0 Å². The summed E-state index contributed by atoms with van der Waals surface area (Å²) < 4.78 is 12.3. The summed E-state index contributed by atoms with van der Waals surface area (Å²) in [7, 11) is 0. The lowest BCUT2D eigenvalue weighted by Crippen LogP contribution is -2.40. The highest BCUT2D eigenvalue weighted by Gasteiger charge is 2.54. The summed E-state index contributed by atoms with van der Waals surface area (Å²) in [6, 6.07) is 0. The van der Waals surface area contributed by atoms with Gasteiger partial charge in [0.1, 0.15) is 0 Å². The van der Waals surface area contributed by atoms with Crippen molar-refractivity contribution in [3.8, 4) is 0 Å². The van der Waals surface area contributed by atoms with E-state index in [2.05, 4.69) is 6.92 Å². The van der Waals surface area contributed by atoms with Crippen LogP contribution in [0.25, 0.3) is 0 Å². The van der Waals surface area contributed by atoms with Gasteiger partial charge in [0.25, 0.3) is 0 Å². The molecule has 0 bridgehead atoms. The lowest BCUT2D eigenvalue weighted by Gasteiger charge is -2.32. The van der Waals surface area contributed by atoms with Crippen LogP contribution in [-0.2, 0) is 9.47 Å². The van der Waals surface area contributed by atoms with Crippen LogP contribution in [0.3, 0.4) is 0 Å². The van der Waals surface area contributed by atoms with Crippen molar-refractivity contribution >= 4 is 0 Å². The molecule has 2 aliphatic rings. The van der Waals surface area contributed by atoms with Gasteiger partial charge in [-0.2, -0.15) is 0 Å². The molecule has 4 atom stereocenters. The van der Waals surface area contributed by atoms with E-state index in [0.717, 1.165) is 19.3 Å². The van der Waals surface area contributed by atoms with Gasteiger partial charge in [-0.1, -0.05) is 52.9 Å². The summed E-state index contributed by atoms with van der Waals surface area (Å²) in [4.78, 5) is 0. The largest absolute Gasteiger partial charge is 0.396 e. The second-order valence-corrected chi connectivity index (χ2v) is 7.85. The molecule has 0 unspecified atom stereocenters. The van der Waals surface area contributed by atoms with Gasteiger partial charge in [-0.25, -0.2) is 0 Å². The highest BCUT2D eigenvalue weighted by atomic mass is 16.7. The maximum Gasteiger partial charge on any atom is 0.171 e. The van der Waals surface area contributed by atoms with Gasteiger partial charge in [-0.05, 0) is 12.8 Å². The van der Waals surface area contributed by atoms with Crippen LogP contribution in [0.4, 0.5) is 0 Å². The van der Waals surface area contributed by atoms with Crippen LogP contribution in [-0.4, -0.2) is 40.9 Å². The molecular formula is C18H34O4. The monoisotopic (exact) mass is 314 g/mol. The summed E-state index contributed by atoms with van der Waals surface area (Å²) in [6.45, 7) is 6.10. The first-order valence-corrected chi connectivity index (χ1v) is 9.07. The summed E-state index contributed by atoms with van der Waals surface area (Å²) >= 11 is 0. The molecular weight excluding hydrogens is 280 g/mol. The van der Waals surface area contributed by atoms with Gasteiger partial charge in [-0.15, -0.1) is 0 Å². The molecule has 2 N–H and O–H groups in total. The zero-order valence-corrected chi connectivity index (χ0v) is 14.5. The molecule has 1 spiro atoms. The molecule has 0 radical (unpaired) electrons. The molecule has 0 aromatic heterocycles. The van der Waals surface area contributed by atoms with Gasteiger partial charge in [-0.3, -0.25) is 0 Å². The zero-order valence-electron chi connectivity index (χ0n) is 14.5.